The highest BCUT2D eigenvalue weighted by Crippen LogP contribution is 2.37. The number of benzene rings is 2. The average molecular weight is 281 g/mol. The van der Waals surface area contributed by atoms with Gasteiger partial charge in [-0.2, -0.15) is 0 Å². The van der Waals surface area contributed by atoms with Crippen molar-refractivity contribution in [2.24, 2.45) is 0 Å². The molecular formula is C18H19NO2. The van der Waals surface area contributed by atoms with Crippen molar-refractivity contribution in [1.82, 2.24) is 0 Å². The number of carbonyl (C=O) groups is 1. The van der Waals surface area contributed by atoms with Gasteiger partial charge in [0.05, 0.1) is 12.5 Å². The third-order valence-electron chi connectivity index (χ3n) is 4.35. The normalized spacial score (nSPS) is 21.6. The molecular weight excluding hydrogens is 262 g/mol. The van der Waals surface area contributed by atoms with E-state index in [0.29, 0.717) is 0 Å². The molecule has 0 spiro atoms. The first-order valence-corrected chi connectivity index (χ1v) is 7.17. The van der Waals surface area contributed by atoms with Gasteiger partial charge in [0.25, 0.3) is 0 Å². The largest absolute Gasteiger partial charge is 0.497 e. The smallest absolute Gasteiger partial charge is 0.237 e. The summed E-state index contributed by atoms with van der Waals surface area (Å²) in [4.78, 5) is 14.7. The molecule has 0 N–H and O–H groups in total. The maximum atomic E-state index is 12.9. The standard InChI is InChI=1S/C18H19NO2/c1-18(14-6-4-3-5-7-14)12-13-19(17(18)20)15-8-10-16(21-2)11-9-15/h3-11H,12-13H2,1-2H3. The molecule has 0 aromatic heterocycles. The number of carbonyl (C=O) groups excluding carboxylic acids is 1. The number of rotatable bonds is 3. The predicted molar refractivity (Wildman–Crippen MR) is 83.8 cm³/mol. The van der Waals surface area contributed by atoms with E-state index in [4.69, 9.17) is 4.74 Å². The van der Waals surface area contributed by atoms with E-state index in [-0.39, 0.29) is 5.91 Å². The molecule has 0 bridgehead atoms. The molecule has 3 nitrogen and oxygen atoms in total. The minimum absolute atomic E-state index is 0.166. The lowest BCUT2D eigenvalue weighted by Crippen LogP contribution is -2.35. The molecule has 0 aliphatic carbocycles. The van der Waals surface area contributed by atoms with Gasteiger partial charge in [-0.15, -0.1) is 0 Å². The topological polar surface area (TPSA) is 29.5 Å². The van der Waals surface area contributed by atoms with Gasteiger partial charge < -0.3 is 9.64 Å². The molecule has 1 aliphatic rings. The minimum atomic E-state index is -0.429. The molecule has 0 saturated carbocycles. The van der Waals surface area contributed by atoms with Crippen LogP contribution < -0.4 is 9.64 Å². The van der Waals surface area contributed by atoms with Crippen LogP contribution in [0.25, 0.3) is 0 Å². The zero-order valence-corrected chi connectivity index (χ0v) is 12.4. The first kappa shape index (κ1) is 13.7. The van der Waals surface area contributed by atoms with E-state index in [1.807, 2.05) is 66.4 Å². The Morgan fingerprint density at radius 1 is 1.05 bits per heavy atom. The summed E-state index contributed by atoms with van der Waals surface area (Å²) in [5, 5.41) is 0. The summed E-state index contributed by atoms with van der Waals surface area (Å²) in [5.74, 6) is 0.968. The van der Waals surface area contributed by atoms with Crippen LogP contribution in [0.4, 0.5) is 5.69 Å². The summed E-state index contributed by atoms with van der Waals surface area (Å²) >= 11 is 0. The van der Waals surface area contributed by atoms with E-state index in [9.17, 15) is 4.79 Å². The molecule has 108 valence electrons. The molecule has 2 aromatic carbocycles. The Hall–Kier alpha value is -2.29. The average Bonchev–Trinajstić information content (AvgIpc) is 2.85. The van der Waals surface area contributed by atoms with Crippen molar-refractivity contribution in [3.8, 4) is 5.75 Å². The molecule has 21 heavy (non-hydrogen) atoms. The monoisotopic (exact) mass is 281 g/mol. The number of methoxy groups -OCH3 is 1. The van der Waals surface area contributed by atoms with Gasteiger partial charge in [0.2, 0.25) is 5.91 Å². The molecule has 1 fully saturated rings. The molecule has 1 aliphatic heterocycles. The van der Waals surface area contributed by atoms with Gasteiger partial charge in [0, 0.05) is 12.2 Å². The lowest BCUT2D eigenvalue weighted by Gasteiger charge is -2.24. The van der Waals surface area contributed by atoms with Gasteiger partial charge in [0.15, 0.2) is 0 Å². The van der Waals surface area contributed by atoms with Crippen LogP contribution in [0.2, 0.25) is 0 Å². The Morgan fingerprint density at radius 3 is 2.33 bits per heavy atom. The number of ether oxygens (including phenoxy) is 1. The van der Waals surface area contributed by atoms with Crippen molar-refractivity contribution in [3.63, 3.8) is 0 Å². The molecule has 1 heterocycles. The number of hydrogen-bond donors (Lipinski definition) is 0. The number of anilines is 1. The van der Waals surface area contributed by atoms with E-state index >= 15 is 0 Å². The van der Waals surface area contributed by atoms with Crippen LogP contribution in [0.1, 0.15) is 18.9 Å². The Balaban J connectivity index is 1.89. The molecule has 1 unspecified atom stereocenters. The summed E-state index contributed by atoms with van der Waals surface area (Å²) in [6.45, 7) is 2.78. The van der Waals surface area contributed by atoms with Crippen molar-refractivity contribution in [2.45, 2.75) is 18.8 Å². The Labute approximate surface area is 125 Å². The molecule has 1 amide bonds. The fourth-order valence-corrected chi connectivity index (χ4v) is 2.92. The summed E-state index contributed by atoms with van der Waals surface area (Å²) in [7, 11) is 1.64. The van der Waals surface area contributed by atoms with E-state index in [1.165, 1.54) is 0 Å². The summed E-state index contributed by atoms with van der Waals surface area (Å²) in [5.41, 5.74) is 1.59. The minimum Gasteiger partial charge on any atom is -0.497 e. The van der Waals surface area contributed by atoms with Crippen molar-refractivity contribution >= 4 is 11.6 Å². The summed E-state index contributed by atoms with van der Waals surface area (Å²) < 4.78 is 5.17. The maximum Gasteiger partial charge on any atom is 0.237 e. The lowest BCUT2D eigenvalue weighted by molar-refractivity contribution is -0.121. The van der Waals surface area contributed by atoms with Gasteiger partial charge in [0.1, 0.15) is 5.75 Å². The van der Waals surface area contributed by atoms with E-state index in [0.717, 1.165) is 30.0 Å². The Kier molecular flexibility index (Phi) is 3.42. The molecule has 2 aromatic rings. The number of nitrogens with zero attached hydrogens (tertiary/aromatic N) is 1. The predicted octanol–water partition coefficient (Wildman–Crippen LogP) is 3.39. The van der Waals surface area contributed by atoms with E-state index < -0.39 is 5.41 Å². The molecule has 0 radical (unpaired) electrons. The SMILES string of the molecule is COc1ccc(N2CCC(C)(c3ccccc3)C2=O)cc1. The first-order valence-electron chi connectivity index (χ1n) is 7.17. The molecule has 3 heteroatoms. The zero-order valence-electron chi connectivity index (χ0n) is 12.4. The van der Waals surface area contributed by atoms with Crippen molar-refractivity contribution in [3.05, 3.63) is 60.2 Å². The molecule has 1 saturated heterocycles. The maximum absolute atomic E-state index is 12.9. The lowest BCUT2D eigenvalue weighted by atomic mass is 9.81. The highest BCUT2D eigenvalue weighted by atomic mass is 16.5. The summed E-state index contributed by atoms with van der Waals surface area (Å²) in [6, 6.07) is 17.7. The fraction of sp³-hybridized carbons (Fsp3) is 0.278. The zero-order chi connectivity index (χ0) is 14.9. The van der Waals surface area contributed by atoms with Gasteiger partial charge >= 0.3 is 0 Å². The highest BCUT2D eigenvalue weighted by Gasteiger charge is 2.44. The molecule has 1 atom stereocenters. The van der Waals surface area contributed by atoms with Gasteiger partial charge in [-0.1, -0.05) is 30.3 Å². The second-order valence-electron chi connectivity index (χ2n) is 5.60. The fourth-order valence-electron chi connectivity index (χ4n) is 2.92. The van der Waals surface area contributed by atoms with Crippen LogP contribution in [0.5, 0.6) is 5.75 Å². The van der Waals surface area contributed by atoms with Gasteiger partial charge in [-0.25, -0.2) is 0 Å². The van der Waals surface area contributed by atoms with E-state index in [1.54, 1.807) is 7.11 Å². The third-order valence-corrected chi connectivity index (χ3v) is 4.35. The van der Waals surface area contributed by atoms with Gasteiger partial charge in [-0.3, -0.25) is 4.79 Å². The van der Waals surface area contributed by atoms with Gasteiger partial charge in [-0.05, 0) is 43.2 Å². The van der Waals surface area contributed by atoms with E-state index in [2.05, 4.69) is 0 Å². The van der Waals surface area contributed by atoms with Crippen LogP contribution in [-0.4, -0.2) is 19.6 Å². The van der Waals surface area contributed by atoms with Crippen LogP contribution in [0, 0.1) is 0 Å². The van der Waals surface area contributed by atoms with Crippen molar-refractivity contribution in [2.75, 3.05) is 18.6 Å². The quantitative estimate of drug-likeness (QED) is 0.863. The summed E-state index contributed by atoms with van der Waals surface area (Å²) in [6.07, 6.45) is 0.835. The third kappa shape index (κ3) is 2.29. The number of amides is 1. The van der Waals surface area contributed by atoms with Crippen LogP contribution in [0.3, 0.4) is 0 Å². The Morgan fingerprint density at radius 2 is 1.71 bits per heavy atom. The van der Waals surface area contributed by atoms with Crippen LogP contribution >= 0.6 is 0 Å². The second-order valence-corrected chi connectivity index (χ2v) is 5.60. The highest BCUT2D eigenvalue weighted by molar-refractivity contribution is 6.03. The molecule has 3 rings (SSSR count). The van der Waals surface area contributed by atoms with Crippen LogP contribution in [0.15, 0.2) is 54.6 Å². The number of hydrogen-bond acceptors (Lipinski definition) is 2. The second kappa shape index (κ2) is 5.24. The van der Waals surface area contributed by atoms with Crippen molar-refractivity contribution < 1.29 is 9.53 Å². The van der Waals surface area contributed by atoms with Crippen LogP contribution in [-0.2, 0) is 10.2 Å². The Bertz CT molecular complexity index is 636. The van der Waals surface area contributed by atoms with Crippen molar-refractivity contribution in [1.29, 1.82) is 0 Å². The first-order chi connectivity index (χ1) is 10.1.